The average molecular weight is 469 g/mol. The van der Waals surface area contributed by atoms with Crippen LogP contribution in [-0.2, 0) is 11.3 Å². The van der Waals surface area contributed by atoms with Gasteiger partial charge in [0.05, 0.1) is 0 Å². The van der Waals surface area contributed by atoms with Crippen LogP contribution in [0.15, 0.2) is 53.4 Å². The predicted molar refractivity (Wildman–Crippen MR) is 118 cm³/mol. The van der Waals surface area contributed by atoms with Crippen molar-refractivity contribution in [2.75, 3.05) is 33.4 Å². The van der Waals surface area contributed by atoms with Crippen LogP contribution in [0.4, 0.5) is 13.2 Å². The van der Waals surface area contributed by atoms with Crippen LogP contribution in [0.5, 0.6) is 5.75 Å². The second-order valence-electron chi connectivity index (χ2n) is 7.57. The summed E-state index contributed by atoms with van der Waals surface area (Å²) in [4.78, 5) is 14.7. The zero-order chi connectivity index (χ0) is 23.0. The van der Waals surface area contributed by atoms with Gasteiger partial charge in [-0.3, -0.25) is 9.69 Å². The van der Waals surface area contributed by atoms with E-state index in [-0.39, 0.29) is 29.1 Å². The Morgan fingerprint density at radius 2 is 1.91 bits per heavy atom. The first-order valence-corrected chi connectivity index (χ1v) is 11.3. The van der Waals surface area contributed by atoms with Crippen molar-refractivity contribution in [3.05, 3.63) is 59.7 Å². The van der Waals surface area contributed by atoms with E-state index in [1.807, 2.05) is 24.3 Å². The summed E-state index contributed by atoms with van der Waals surface area (Å²) in [6.45, 7) is 3.28. The Labute approximate surface area is 190 Å². The summed E-state index contributed by atoms with van der Waals surface area (Å²) < 4.78 is 48.5. The van der Waals surface area contributed by atoms with Gasteiger partial charge in [0.15, 0.2) is 0 Å². The zero-order valence-electron chi connectivity index (χ0n) is 17.9. The van der Waals surface area contributed by atoms with Gasteiger partial charge in [-0.1, -0.05) is 12.1 Å². The van der Waals surface area contributed by atoms with Crippen molar-refractivity contribution in [2.24, 2.45) is 0 Å². The maximum Gasteiger partial charge on any atom is 0.446 e. The molecule has 1 amide bonds. The van der Waals surface area contributed by atoms with Crippen molar-refractivity contribution in [2.45, 2.75) is 35.8 Å². The minimum Gasteiger partial charge on any atom is -0.492 e. The number of nitrogens with zero attached hydrogens (tertiary/aromatic N) is 1. The van der Waals surface area contributed by atoms with Gasteiger partial charge in [0.1, 0.15) is 12.4 Å². The number of rotatable bonds is 9. The van der Waals surface area contributed by atoms with E-state index in [1.165, 1.54) is 24.3 Å². The number of hydrogen-bond acceptors (Lipinski definition) is 5. The van der Waals surface area contributed by atoms with Gasteiger partial charge in [0, 0.05) is 42.8 Å². The van der Waals surface area contributed by atoms with E-state index >= 15 is 0 Å². The third-order valence-electron chi connectivity index (χ3n) is 5.23. The molecule has 1 aliphatic rings. The Morgan fingerprint density at radius 1 is 1.19 bits per heavy atom. The Balaban J connectivity index is 1.44. The summed E-state index contributed by atoms with van der Waals surface area (Å²) >= 11 is -0.205. The highest BCUT2D eigenvalue weighted by Gasteiger charge is 2.29. The number of nitrogens with one attached hydrogen (secondary N) is 1. The van der Waals surface area contributed by atoms with Gasteiger partial charge >= 0.3 is 5.51 Å². The molecule has 0 saturated carbocycles. The van der Waals surface area contributed by atoms with Crippen molar-refractivity contribution in [3.8, 4) is 5.75 Å². The number of hydrogen-bond donors (Lipinski definition) is 1. The first kappa shape index (κ1) is 24.4. The molecule has 0 spiro atoms. The number of carbonyl (C=O) groups is 1. The maximum absolute atomic E-state index is 12.4. The van der Waals surface area contributed by atoms with Gasteiger partial charge in [0.25, 0.3) is 5.91 Å². The fourth-order valence-electron chi connectivity index (χ4n) is 3.45. The van der Waals surface area contributed by atoms with Crippen LogP contribution < -0.4 is 10.1 Å². The van der Waals surface area contributed by atoms with Gasteiger partial charge in [-0.05, 0) is 73.6 Å². The highest BCUT2D eigenvalue weighted by atomic mass is 32.2. The maximum atomic E-state index is 12.4. The molecular formula is C23H27F3N2O3S. The van der Waals surface area contributed by atoms with Crippen LogP contribution >= 0.6 is 11.8 Å². The molecule has 174 valence electrons. The van der Waals surface area contributed by atoms with Crippen LogP contribution in [-0.4, -0.2) is 55.8 Å². The molecule has 0 unspecified atom stereocenters. The highest BCUT2D eigenvalue weighted by Crippen LogP contribution is 2.36. The van der Waals surface area contributed by atoms with Crippen LogP contribution in [0.1, 0.15) is 28.8 Å². The summed E-state index contributed by atoms with van der Waals surface area (Å²) in [7, 11) is 2.10. The zero-order valence-corrected chi connectivity index (χ0v) is 18.7. The number of ether oxygens (including phenoxy) is 2. The SMILES string of the molecule is CN(CCOc1cccc(CNC(=O)c2ccc(SC(F)(F)F)cc2)c1)C1CCOCC1. The minimum atomic E-state index is -4.35. The van der Waals surface area contributed by atoms with Gasteiger partial charge in [0.2, 0.25) is 0 Å². The molecule has 3 rings (SSSR count). The lowest BCUT2D eigenvalue weighted by molar-refractivity contribution is -0.0328. The van der Waals surface area contributed by atoms with E-state index in [0.29, 0.717) is 18.2 Å². The molecular weight excluding hydrogens is 441 g/mol. The lowest BCUT2D eigenvalue weighted by Crippen LogP contribution is -2.38. The van der Waals surface area contributed by atoms with Gasteiger partial charge in [-0.15, -0.1) is 0 Å². The van der Waals surface area contributed by atoms with Crippen LogP contribution in [0.2, 0.25) is 0 Å². The van der Waals surface area contributed by atoms with E-state index in [9.17, 15) is 18.0 Å². The van der Waals surface area contributed by atoms with Gasteiger partial charge < -0.3 is 14.8 Å². The molecule has 2 aromatic rings. The molecule has 0 bridgehead atoms. The number of carbonyl (C=O) groups excluding carboxylic acids is 1. The second kappa shape index (κ2) is 11.6. The molecule has 5 nitrogen and oxygen atoms in total. The number of thioether (sulfide) groups is 1. The molecule has 9 heteroatoms. The largest absolute Gasteiger partial charge is 0.492 e. The van der Waals surface area contributed by atoms with Crippen molar-refractivity contribution in [3.63, 3.8) is 0 Å². The standard InChI is InChI=1S/C23H27F3N2O3S/c1-28(19-9-12-30-13-10-19)11-14-31-20-4-2-3-17(15-20)16-27-22(29)18-5-7-21(8-6-18)32-23(24,25)26/h2-8,15,19H,9-14,16H2,1H3,(H,27,29). The second-order valence-corrected chi connectivity index (χ2v) is 8.71. The number of amides is 1. The molecule has 0 radical (unpaired) electrons. The molecule has 1 aliphatic heterocycles. The minimum absolute atomic E-state index is 0.0429. The Bertz CT molecular complexity index is 872. The van der Waals surface area contributed by atoms with Gasteiger partial charge in [-0.2, -0.15) is 13.2 Å². The van der Waals surface area contributed by atoms with Crippen molar-refractivity contribution >= 4 is 17.7 Å². The third-order valence-corrected chi connectivity index (χ3v) is 5.97. The number of likely N-dealkylation sites (N-methyl/N-ethyl adjacent to an activating group) is 1. The summed E-state index contributed by atoms with van der Waals surface area (Å²) in [5, 5.41) is 2.78. The molecule has 1 heterocycles. The van der Waals surface area contributed by atoms with Crippen LogP contribution in [0.25, 0.3) is 0 Å². The summed E-state index contributed by atoms with van der Waals surface area (Å²) in [6.07, 6.45) is 2.07. The molecule has 1 saturated heterocycles. The summed E-state index contributed by atoms with van der Waals surface area (Å²) in [6, 6.07) is 13.4. The summed E-state index contributed by atoms with van der Waals surface area (Å²) in [5.74, 6) is 0.378. The van der Waals surface area contributed by atoms with E-state index in [0.717, 1.165) is 43.9 Å². The topological polar surface area (TPSA) is 50.8 Å². The number of alkyl halides is 3. The monoisotopic (exact) mass is 468 g/mol. The summed E-state index contributed by atoms with van der Waals surface area (Å²) in [5.41, 5.74) is -3.17. The average Bonchev–Trinajstić information content (AvgIpc) is 2.78. The quantitative estimate of drug-likeness (QED) is 0.540. The molecule has 32 heavy (non-hydrogen) atoms. The first-order chi connectivity index (χ1) is 15.3. The Kier molecular flexibility index (Phi) is 8.84. The normalized spacial score (nSPS) is 15.0. The fourth-order valence-corrected chi connectivity index (χ4v) is 3.99. The van der Waals surface area contributed by atoms with Crippen LogP contribution in [0.3, 0.4) is 0 Å². The van der Waals surface area contributed by atoms with E-state index < -0.39 is 5.51 Å². The third kappa shape index (κ3) is 8.03. The van der Waals surface area contributed by atoms with E-state index in [1.54, 1.807) is 0 Å². The van der Waals surface area contributed by atoms with Gasteiger partial charge in [-0.25, -0.2) is 0 Å². The smallest absolute Gasteiger partial charge is 0.446 e. The molecule has 1 N–H and O–H groups in total. The first-order valence-electron chi connectivity index (χ1n) is 10.4. The van der Waals surface area contributed by atoms with Crippen molar-refractivity contribution in [1.82, 2.24) is 10.2 Å². The number of benzene rings is 2. The van der Waals surface area contributed by atoms with E-state index in [4.69, 9.17) is 9.47 Å². The predicted octanol–water partition coefficient (Wildman–Crippen LogP) is 4.72. The van der Waals surface area contributed by atoms with Crippen molar-refractivity contribution < 1.29 is 27.4 Å². The highest BCUT2D eigenvalue weighted by molar-refractivity contribution is 8.00. The molecule has 0 aromatic heterocycles. The fraction of sp³-hybridized carbons (Fsp3) is 0.435. The number of halogens is 3. The van der Waals surface area contributed by atoms with Crippen LogP contribution in [0, 0.1) is 0 Å². The Morgan fingerprint density at radius 3 is 2.59 bits per heavy atom. The molecule has 0 atom stereocenters. The van der Waals surface area contributed by atoms with Crippen molar-refractivity contribution in [1.29, 1.82) is 0 Å². The molecule has 0 aliphatic carbocycles. The molecule has 2 aromatic carbocycles. The lowest BCUT2D eigenvalue weighted by Gasteiger charge is -2.31. The lowest BCUT2D eigenvalue weighted by atomic mass is 10.1. The Hall–Kier alpha value is -2.23. The van der Waals surface area contributed by atoms with E-state index in [2.05, 4.69) is 17.3 Å². The molecule has 1 fully saturated rings.